The van der Waals surface area contributed by atoms with Crippen molar-refractivity contribution in [1.29, 1.82) is 5.26 Å². The lowest BCUT2D eigenvalue weighted by Crippen LogP contribution is -1.93. The average Bonchev–Trinajstić information content (AvgIpc) is 3.18. The number of rotatable bonds is 6. The van der Waals surface area contributed by atoms with Gasteiger partial charge in [0.15, 0.2) is 11.5 Å². The quantitative estimate of drug-likeness (QED) is 0.416. The Hall–Kier alpha value is -2.62. The minimum atomic E-state index is 0.0283. The fraction of sp³-hybridized carbons (Fsp3) is 0.217. The SMILES string of the molecule is COc1cc(C=C(C#N)c2nc(-c3ccc(CC(C)C)cc3)cs2)cc(Br)c1O. The van der Waals surface area contributed by atoms with Crippen molar-refractivity contribution in [3.05, 3.63) is 62.4 Å². The van der Waals surface area contributed by atoms with Crippen LogP contribution >= 0.6 is 27.3 Å². The molecule has 0 unspecified atom stereocenters. The number of phenols is 1. The molecule has 0 fully saturated rings. The van der Waals surface area contributed by atoms with E-state index in [-0.39, 0.29) is 5.75 Å². The Morgan fingerprint density at radius 1 is 1.31 bits per heavy atom. The minimum absolute atomic E-state index is 0.0283. The molecule has 0 aliphatic carbocycles. The van der Waals surface area contributed by atoms with Crippen molar-refractivity contribution in [1.82, 2.24) is 4.98 Å². The highest BCUT2D eigenvalue weighted by Crippen LogP contribution is 2.36. The van der Waals surface area contributed by atoms with Gasteiger partial charge in [0.2, 0.25) is 0 Å². The Balaban J connectivity index is 1.89. The molecule has 0 bridgehead atoms. The minimum Gasteiger partial charge on any atom is -0.503 e. The summed E-state index contributed by atoms with van der Waals surface area (Å²) in [6.07, 6.45) is 2.79. The second-order valence-corrected chi connectivity index (χ2v) is 8.77. The third-order valence-corrected chi connectivity index (χ3v) is 5.81. The van der Waals surface area contributed by atoms with Gasteiger partial charge in [-0.3, -0.25) is 0 Å². The molecule has 0 aliphatic heterocycles. The Morgan fingerprint density at radius 2 is 2.03 bits per heavy atom. The van der Waals surface area contributed by atoms with Crippen molar-refractivity contribution < 1.29 is 9.84 Å². The number of nitrogens with zero attached hydrogens (tertiary/aromatic N) is 2. The summed E-state index contributed by atoms with van der Waals surface area (Å²) in [6, 6.07) is 14.1. The average molecular weight is 469 g/mol. The first-order chi connectivity index (χ1) is 13.9. The number of allylic oxidation sites excluding steroid dienone is 1. The number of methoxy groups -OCH3 is 1. The highest BCUT2D eigenvalue weighted by molar-refractivity contribution is 9.10. The lowest BCUT2D eigenvalue weighted by atomic mass is 10.0. The normalized spacial score (nSPS) is 11.5. The van der Waals surface area contributed by atoms with E-state index in [0.29, 0.717) is 26.7 Å². The predicted molar refractivity (Wildman–Crippen MR) is 122 cm³/mol. The molecular formula is C23H21BrN2O2S. The number of hydrogen-bond acceptors (Lipinski definition) is 5. The molecular weight excluding hydrogens is 448 g/mol. The summed E-state index contributed by atoms with van der Waals surface area (Å²) < 4.78 is 5.68. The molecule has 0 atom stereocenters. The number of phenolic OH excluding ortho intramolecular Hbond substituents is 1. The first-order valence-electron chi connectivity index (χ1n) is 9.14. The van der Waals surface area contributed by atoms with E-state index in [1.807, 2.05) is 5.38 Å². The highest BCUT2D eigenvalue weighted by Gasteiger charge is 2.12. The smallest absolute Gasteiger partial charge is 0.172 e. The number of hydrogen-bond donors (Lipinski definition) is 1. The summed E-state index contributed by atoms with van der Waals surface area (Å²) in [5.74, 6) is 0.985. The summed E-state index contributed by atoms with van der Waals surface area (Å²) in [5.41, 5.74) is 4.39. The lowest BCUT2D eigenvalue weighted by molar-refractivity contribution is 0.372. The first kappa shape index (κ1) is 21.1. The van der Waals surface area contributed by atoms with E-state index in [1.54, 1.807) is 18.2 Å². The Kier molecular flexibility index (Phi) is 6.73. The van der Waals surface area contributed by atoms with Crippen molar-refractivity contribution in [3.63, 3.8) is 0 Å². The molecule has 2 aromatic carbocycles. The third-order valence-electron chi connectivity index (χ3n) is 4.33. The van der Waals surface area contributed by atoms with Crippen LogP contribution in [-0.4, -0.2) is 17.2 Å². The van der Waals surface area contributed by atoms with E-state index >= 15 is 0 Å². The summed E-state index contributed by atoms with van der Waals surface area (Å²) >= 11 is 4.74. The molecule has 0 amide bonds. The van der Waals surface area contributed by atoms with E-state index in [2.05, 4.69) is 65.1 Å². The van der Waals surface area contributed by atoms with Crippen LogP contribution in [0.2, 0.25) is 0 Å². The molecule has 1 aromatic heterocycles. The van der Waals surface area contributed by atoms with Gasteiger partial charge in [0.1, 0.15) is 11.1 Å². The summed E-state index contributed by atoms with van der Waals surface area (Å²) in [4.78, 5) is 4.66. The standard InChI is InChI=1S/C23H21BrN2O2S/c1-14(2)8-15-4-6-17(7-5-15)20-13-29-23(26-20)18(12-25)9-16-10-19(24)22(27)21(11-16)28-3/h4-7,9-11,13-14,27H,8H2,1-3H3. The van der Waals surface area contributed by atoms with E-state index in [0.717, 1.165) is 23.2 Å². The molecule has 1 heterocycles. The molecule has 1 N–H and O–H groups in total. The number of thiazole rings is 1. The second kappa shape index (κ2) is 9.25. The molecule has 0 saturated heterocycles. The van der Waals surface area contributed by atoms with Crippen molar-refractivity contribution in [2.24, 2.45) is 5.92 Å². The first-order valence-corrected chi connectivity index (χ1v) is 10.8. The molecule has 0 aliphatic rings. The van der Waals surface area contributed by atoms with E-state index in [4.69, 9.17) is 4.74 Å². The van der Waals surface area contributed by atoms with Crippen molar-refractivity contribution >= 4 is 38.9 Å². The van der Waals surface area contributed by atoms with Crippen LogP contribution in [0, 0.1) is 17.2 Å². The summed E-state index contributed by atoms with van der Waals surface area (Å²) in [5, 5.41) is 22.2. The van der Waals surface area contributed by atoms with Crippen molar-refractivity contribution in [2.75, 3.05) is 7.11 Å². The Morgan fingerprint density at radius 3 is 2.66 bits per heavy atom. The highest BCUT2D eigenvalue weighted by atomic mass is 79.9. The van der Waals surface area contributed by atoms with Gasteiger partial charge in [-0.05, 0) is 57.6 Å². The zero-order valence-electron chi connectivity index (χ0n) is 16.4. The maximum atomic E-state index is 9.96. The van der Waals surface area contributed by atoms with E-state index < -0.39 is 0 Å². The third kappa shape index (κ3) is 5.06. The molecule has 148 valence electrons. The fourth-order valence-corrected chi connectivity index (χ4v) is 4.21. The Labute approximate surface area is 183 Å². The van der Waals surface area contributed by atoms with Gasteiger partial charge in [-0.15, -0.1) is 11.3 Å². The van der Waals surface area contributed by atoms with Gasteiger partial charge < -0.3 is 9.84 Å². The van der Waals surface area contributed by atoms with Crippen molar-refractivity contribution in [3.8, 4) is 28.8 Å². The van der Waals surface area contributed by atoms with Crippen LogP contribution in [0.4, 0.5) is 0 Å². The number of benzene rings is 2. The van der Waals surface area contributed by atoms with Crippen LogP contribution in [0.25, 0.3) is 22.9 Å². The maximum absolute atomic E-state index is 9.96. The molecule has 0 saturated carbocycles. The van der Waals surface area contributed by atoms with E-state index in [9.17, 15) is 10.4 Å². The van der Waals surface area contributed by atoms with Gasteiger partial charge in [0.05, 0.1) is 22.8 Å². The van der Waals surface area contributed by atoms with Gasteiger partial charge >= 0.3 is 0 Å². The lowest BCUT2D eigenvalue weighted by Gasteiger charge is -2.06. The zero-order chi connectivity index (χ0) is 21.0. The summed E-state index contributed by atoms with van der Waals surface area (Å²) in [6.45, 7) is 4.41. The van der Waals surface area contributed by atoms with Crippen LogP contribution in [-0.2, 0) is 6.42 Å². The van der Waals surface area contributed by atoms with Gasteiger partial charge in [0.25, 0.3) is 0 Å². The molecule has 3 rings (SSSR count). The molecule has 29 heavy (non-hydrogen) atoms. The van der Waals surface area contributed by atoms with Crippen LogP contribution in [0.5, 0.6) is 11.5 Å². The van der Waals surface area contributed by atoms with Crippen LogP contribution < -0.4 is 4.74 Å². The Bertz CT molecular complexity index is 1080. The predicted octanol–water partition coefficient (Wildman–Crippen LogP) is 6.55. The topological polar surface area (TPSA) is 66.1 Å². The summed E-state index contributed by atoms with van der Waals surface area (Å²) in [7, 11) is 1.49. The van der Waals surface area contributed by atoms with Crippen LogP contribution in [0.1, 0.15) is 30.0 Å². The number of aromatic nitrogens is 1. The number of halogens is 1. The number of ether oxygens (including phenoxy) is 1. The monoisotopic (exact) mass is 468 g/mol. The second-order valence-electron chi connectivity index (χ2n) is 7.06. The molecule has 4 nitrogen and oxygen atoms in total. The molecule has 0 spiro atoms. The fourth-order valence-electron chi connectivity index (χ4n) is 2.95. The van der Waals surface area contributed by atoms with E-state index in [1.165, 1.54) is 24.0 Å². The van der Waals surface area contributed by atoms with Gasteiger partial charge in [-0.2, -0.15) is 5.26 Å². The zero-order valence-corrected chi connectivity index (χ0v) is 18.8. The van der Waals surface area contributed by atoms with Gasteiger partial charge in [0, 0.05) is 10.9 Å². The largest absolute Gasteiger partial charge is 0.503 e. The molecule has 6 heteroatoms. The van der Waals surface area contributed by atoms with Gasteiger partial charge in [-0.25, -0.2) is 4.98 Å². The van der Waals surface area contributed by atoms with Crippen LogP contribution in [0.3, 0.4) is 0 Å². The molecule has 0 radical (unpaired) electrons. The molecule has 3 aromatic rings. The number of aromatic hydroxyl groups is 1. The van der Waals surface area contributed by atoms with Gasteiger partial charge in [-0.1, -0.05) is 38.1 Å². The van der Waals surface area contributed by atoms with Crippen LogP contribution in [0.15, 0.2) is 46.3 Å². The van der Waals surface area contributed by atoms with Crippen molar-refractivity contribution in [2.45, 2.75) is 20.3 Å². The number of nitriles is 1. The maximum Gasteiger partial charge on any atom is 0.172 e.